The molecule has 3 aromatic rings. The molecular formula is C21H10N2O8. The van der Waals surface area contributed by atoms with E-state index in [2.05, 4.69) is 0 Å². The molecule has 0 aliphatic carbocycles. The third kappa shape index (κ3) is 1.89. The Morgan fingerprint density at radius 1 is 0.710 bits per heavy atom. The number of hydrogen-bond donors (Lipinski definition) is 0. The molecule has 10 nitrogen and oxygen atoms in total. The molecular weight excluding hydrogens is 408 g/mol. The molecule has 10 heteroatoms. The van der Waals surface area contributed by atoms with Gasteiger partial charge >= 0.3 is 11.8 Å². The van der Waals surface area contributed by atoms with E-state index < -0.39 is 27.2 Å². The van der Waals surface area contributed by atoms with Crippen LogP contribution in [0.25, 0.3) is 0 Å². The number of rotatable bonds is 2. The van der Waals surface area contributed by atoms with Gasteiger partial charge in [-0.05, 0) is 18.2 Å². The van der Waals surface area contributed by atoms with Crippen LogP contribution in [0, 0.1) is 20.2 Å². The molecule has 3 heterocycles. The van der Waals surface area contributed by atoms with Gasteiger partial charge in [-0.1, -0.05) is 18.2 Å². The van der Waals surface area contributed by atoms with Crippen molar-refractivity contribution in [3.05, 3.63) is 103 Å². The first-order valence-corrected chi connectivity index (χ1v) is 9.16. The zero-order valence-corrected chi connectivity index (χ0v) is 15.4. The van der Waals surface area contributed by atoms with Crippen LogP contribution >= 0.6 is 0 Å². The van der Waals surface area contributed by atoms with Crippen molar-refractivity contribution >= 4 is 17.3 Å². The summed E-state index contributed by atoms with van der Waals surface area (Å²) >= 11 is 0. The molecule has 0 saturated carbocycles. The summed E-state index contributed by atoms with van der Waals surface area (Å²) in [6, 6.07) is 14.4. The minimum Gasteiger partial charge on any atom is -0.444 e. The highest BCUT2D eigenvalue weighted by molar-refractivity contribution is 5.95. The topological polar surface area (TPSA) is 131 Å². The van der Waals surface area contributed by atoms with Crippen LogP contribution in [0.5, 0.6) is 11.5 Å². The second-order valence-corrected chi connectivity index (χ2v) is 7.31. The maximum Gasteiger partial charge on any atom is 0.340 e. The SMILES string of the molecule is O=C1OC23c4cc([N+](=O)[O-])ccc4OC2(Oc2ccc([N+](=O)[O-])cc23)c2ccccc21. The minimum atomic E-state index is -1.79. The average Bonchev–Trinajstić information content (AvgIpc) is 3.20. The van der Waals surface area contributed by atoms with E-state index in [4.69, 9.17) is 14.2 Å². The Labute approximate surface area is 172 Å². The number of benzene rings is 3. The van der Waals surface area contributed by atoms with Crippen LogP contribution in [0.15, 0.2) is 60.7 Å². The van der Waals surface area contributed by atoms with Crippen molar-refractivity contribution in [2.24, 2.45) is 0 Å². The highest BCUT2D eigenvalue weighted by atomic mass is 16.7. The van der Waals surface area contributed by atoms with Crippen molar-refractivity contribution in [2.45, 2.75) is 11.4 Å². The zero-order chi connectivity index (χ0) is 21.5. The first-order valence-electron chi connectivity index (χ1n) is 9.16. The van der Waals surface area contributed by atoms with Gasteiger partial charge in [0.25, 0.3) is 17.0 Å². The van der Waals surface area contributed by atoms with E-state index in [9.17, 15) is 25.0 Å². The zero-order valence-electron chi connectivity index (χ0n) is 15.4. The van der Waals surface area contributed by atoms with Crippen LogP contribution < -0.4 is 9.47 Å². The summed E-state index contributed by atoms with van der Waals surface area (Å²) in [5.41, 5.74) is -1.34. The number of carbonyl (C=O) groups excluding carboxylic acids is 1. The fourth-order valence-corrected chi connectivity index (χ4v) is 4.58. The van der Waals surface area contributed by atoms with Gasteiger partial charge in [0, 0.05) is 24.3 Å². The summed E-state index contributed by atoms with van der Waals surface area (Å²) in [5.74, 6) is -1.98. The fraction of sp³-hybridized carbons (Fsp3) is 0.0952. The monoisotopic (exact) mass is 418 g/mol. The van der Waals surface area contributed by atoms with Gasteiger partial charge in [-0.15, -0.1) is 0 Å². The van der Waals surface area contributed by atoms with E-state index in [-0.39, 0.29) is 39.6 Å². The minimum absolute atomic E-state index is 0.184. The van der Waals surface area contributed by atoms with Crippen molar-refractivity contribution < 1.29 is 28.9 Å². The number of hydrogen-bond acceptors (Lipinski definition) is 8. The molecule has 3 aliphatic heterocycles. The van der Waals surface area contributed by atoms with Crippen molar-refractivity contribution in [1.29, 1.82) is 0 Å². The molecule has 0 spiro atoms. The van der Waals surface area contributed by atoms with E-state index in [1.54, 1.807) is 24.3 Å². The van der Waals surface area contributed by atoms with Gasteiger partial charge < -0.3 is 14.2 Å². The molecule has 0 N–H and O–H groups in total. The Hall–Kier alpha value is -4.47. The molecule has 152 valence electrons. The highest BCUT2D eigenvalue weighted by Crippen LogP contribution is 2.67. The molecule has 3 aliphatic rings. The van der Waals surface area contributed by atoms with E-state index in [0.29, 0.717) is 5.56 Å². The Bertz CT molecular complexity index is 1300. The van der Waals surface area contributed by atoms with Gasteiger partial charge in [0.05, 0.1) is 32.1 Å². The van der Waals surface area contributed by atoms with Crippen molar-refractivity contribution in [3.8, 4) is 11.5 Å². The molecule has 6 rings (SSSR count). The standard InChI is InChI=1S/C21H10N2O8/c24-19-13-3-1-2-4-14(13)21-20(31-19,15-9-11(22(25)26)5-7-17(15)29-21)16-10-12(23(27)28)6-8-18(16)30-21/h1-10H. The van der Waals surface area contributed by atoms with Crippen molar-refractivity contribution in [1.82, 2.24) is 0 Å². The van der Waals surface area contributed by atoms with E-state index in [0.717, 1.165) is 0 Å². The molecule has 0 saturated heterocycles. The average molecular weight is 418 g/mol. The first kappa shape index (κ1) is 17.4. The van der Waals surface area contributed by atoms with Crippen LogP contribution in [0.1, 0.15) is 27.0 Å². The lowest BCUT2D eigenvalue weighted by Crippen LogP contribution is -2.55. The van der Waals surface area contributed by atoms with Crippen LogP contribution in [-0.2, 0) is 16.1 Å². The molecule has 3 aromatic carbocycles. The van der Waals surface area contributed by atoms with Gasteiger partial charge in [0.15, 0.2) is 0 Å². The molecule has 0 fully saturated rings. The Morgan fingerprint density at radius 3 is 1.81 bits per heavy atom. The van der Waals surface area contributed by atoms with Crippen LogP contribution in [0.3, 0.4) is 0 Å². The predicted octanol–water partition coefficient (Wildman–Crippen LogP) is 3.55. The lowest BCUT2D eigenvalue weighted by Gasteiger charge is -2.41. The normalized spacial score (nSPS) is 23.8. The summed E-state index contributed by atoms with van der Waals surface area (Å²) < 4.78 is 18.4. The second-order valence-electron chi connectivity index (χ2n) is 7.31. The van der Waals surface area contributed by atoms with Crippen LogP contribution in [0.4, 0.5) is 11.4 Å². The summed E-state index contributed by atoms with van der Waals surface area (Å²) in [5, 5.41) is 22.9. The number of nitrogens with zero attached hydrogens (tertiary/aromatic N) is 2. The quantitative estimate of drug-likeness (QED) is 0.351. The number of carbonyl (C=O) groups is 1. The Balaban J connectivity index is 1.74. The maximum absolute atomic E-state index is 13.0. The number of nitro benzene ring substituents is 2. The number of non-ortho nitro benzene ring substituents is 2. The summed E-state index contributed by atoms with van der Waals surface area (Å²) in [6.45, 7) is 0. The lowest BCUT2D eigenvalue weighted by molar-refractivity contribution is -0.385. The van der Waals surface area contributed by atoms with Gasteiger partial charge in [-0.2, -0.15) is 0 Å². The predicted molar refractivity (Wildman–Crippen MR) is 102 cm³/mol. The summed E-state index contributed by atoms with van der Waals surface area (Å²) in [6.07, 6.45) is 0. The lowest BCUT2D eigenvalue weighted by atomic mass is 9.76. The highest BCUT2D eigenvalue weighted by Gasteiger charge is 2.75. The summed E-state index contributed by atoms with van der Waals surface area (Å²) in [4.78, 5) is 34.7. The van der Waals surface area contributed by atoms with Crippen LogP contribution in [-0.4, -0.2) is 15.8 Å². The largest absolute Gasteiger partial charge is 0.444 e. The number of esters is 1. The molecule has 0 radical (unpaired) electrons. The molecule has 0 bridgehead atoms. The number of ether oxygens (including phenoxy) is 3. The maximum atomic E-state index is 13.0. The van der Waals surface area contributed by atoms with E-state index in [1.807, 2.05) is 0 Å². The van der Waals surface area contributed by atoms with E-state index in [1.165, 1.54) is 36.4 Å². The number of fused-ring (bicyclic) bond motifs is 3. The fourth-order valence-electron chi connectivity index (χ4n) is 4.58. The molecule has 31 heavy (non-hydrogen) atoms. The second kappa shape index (κ2) is 5.36. The number of nitro groups is 2. The first-order chi connectivity index (χ1) is 14.9. The Morgan fingerprint density at radius 2 is 1.26 bits per heavy atom. The molecule has 0 amide bonds. The van der Waals surface area contributed by atoms with Gasteiger partial charge in [-0.25, -0.2) is 4.79 Å². The summed E-state index contributed by atoms with van der Waals surface area (Å²) in [7, 11) is 0. The molecule has 0 aromatic heterocycles. The molecule has 0 unspecified atom stereocenters. The van der Waals surface area contributed by atoms with Gasteiger partial charge in [0.2, 0.25) is 0 Å². The third-order valence-electron chi connectivity index (χ3n) is 5.82. The van der Waals surface area contributed by atoms with Crippen LogP contribution in [0.2, 0.25) is 0 Å². The smallest absolute Gasteiger partial charge is 0.340 e. The van der Waals surface area contributed by atoms with Gasteiger partial charge in [-0.3, -0.25) is 20.2 Å². The third-order valence-corrected chi connectivity index (χ3v) is 5.82. The molecule has 0 atom stereocenters. The van der Waals surface area contributed by atoms with Crippen molar-refractivity contribution in [2.75, 3.05) is 0 Å². The van der Waals surface area contributed by atoms with Crippen molar-refractivity contribution in [3.63, 3.8) is 0 Å². The van der Waals surface area contributed by atoms with E-state index >= 15 is 0 Å². The van der Waals surface area contributed by atoms with Gasteiger partial charge in [0.1, 0.15) is 11.5 Å². The Kier molecular flexibility index (Phi) is 3.01.